The third kappa shape index (κ3) is 9.90. The van der Waals surface area contributed by atoms with Crippen LogP contribution in [0.15, 0.2) is 35.5 Å². The molecule has 15 heteroatoms. The van der Waals surface area contributed by atoms with Gasteiger partial charge in [-0.05, 0) is 37.8 Å². The zero-order valence-corrected chi connectivity index (χ0v) is 22.2. The molecule has 1 aromatic heterocycles. The lowest BCUT2D eigenvalue weighted by Crippen LogP contribution is -2.56. The zero-order chi connectivity index (χ0) is 29.8. The van der Waals surface area contributed by atoms with Gasteiger partial charge in [-0.1, -0.05) is 18.2 Å². The van der Waals surface area contributed by atoms with Crippen molar-refractivity contribution in [2.24, 2.45) is 27.9 Å². The molecular weight excluding hydrogens is 522 g/mol. The van der Waals surface area contributed by atoms with Crippen molar-refractivity contribution in [2.45, 2.75) is 63.2 Å². The lowest BCUT2D eigenvalue weighted by molar-refractivity contribution is -0.142. The summed E-state index contributed by atoms with van der Waals surface area (Å²) in [6, 6.07) is 2.77. The summed E-state index contributed by atoms with van der Waals surface area (Å²) in [6.45, 7) is 1.57. The van der Waals surface area contributed by atoms with E-state index in [1.165, 1.54) is 6.92 Å². The van der Waals surface area contributed by atoms with Gasteiger partial charge >= 0.3 is 5.97 Å². The Morgan fingerprint density at radius 2 is 1.62 bits per heavy atom. The molecule has 4 unspecified atom stereocenters. The van der Waals surface area contributed by atoms with E-state index in [1.807, 2.05) is 24.3 Å². The predicted octanol–water partition coefficient (Wildman–Crippen LogP) is -2.08. The SMILES string of the molecule is CC(NC(=O)C(Cc1c[nH]c2ccccc12)NC(=O)C(N)CCC(N)=O)C(=O)NC(CCCN=C(N)N)C(=O)O. The molecule has 0 aliphatic heterocycles. The Hall–Kier alpha value is -4.66. The number of primary amides is 1. The molecule has 1 aromatic carbocycles. The summed E-state index contributed by atoms with van der Waals surface area (Å²) in [5, 5.41) is 17.8. The number of hydrogen-bond donors (Lipinski definition) is 9. The van der Waals surface area contributed by atoms with E-state index < -0.39 is 53.8 Å². The van der Waals surface area contributed by atoms with Crippen LogP contribution in [0.25, 0.3) is 10.9 Å². The number of carboxylic acid groups (broad SMARTS) is 1. The van der Waals surface area contributed by atoms with Crippen LogP contribution in [0.3, 0.4) is 0 Å². The summed E-state index contributed by atoms with van der Waals surface area (Å²) in [6.07, 6.45) is 2.00. The number of aliphatic carboxylic acids is 1. The molecule has 4 amide bonds. The number of nitrogens with two attached hydrogens (primary N) is 4. The van der Waals surface area contributed by atoms with Crippen molar-refractivity contribution in [2.75, 3.05) is 6.54 Å². The van der Waals surface area contributed by atoms with Gasteiger partial charge in [0.1, 0.15) is 18.1 Å². The Kier molecular flexibility index (Phi) is 11.9. The van der Waals surface area contributed by atoms with Gasteiger partial charge in [0, 0.05) is 36.5 Å². The van der Waals surface area contributed by atoms with Crippen LogP contribution in [-0.4, -0.2) is 76.4 Å². The maximum absolute atomic E-state index is 13.3. The second-order valence-electron chi connectivity index (χ2n) is 9.31. The van der Waals surface area contributed by atoms with Crippen LogP contribution in [0, 0.1) is 0 Å². The molecule has 218 valence electrons. The van der Waals surface area contributed by atoms with Crippen LogP contribution in [0.1, 0.15) is 38.2 Å². The summed E-state index contributed by atoms with van der Waals surface area (Å²) in [5.74, 6) is -4.11. The number of amides is 4. The molecule has 0 aliphatic rings. The monoisotopic (exact) mass is 559 g/mol. The van der Waals surface area contributed by atoms with Crippen LogP contribution in [0.2, 0.25) is 0 Å². The number of benzene rings is 1. The number of carbonyl (C=O) groups is 5. The van der Waals surface area contributed by atoms with Crippen LogP contribution < -0.4 is 38.9 Å². The first-order valence-electron chi connectivity index (χ1n) is 12.7. The molecule has 2 aromatic rings. The number of hydrogen-bond acceptors (Lipinski definition) is 7. The van der Waals surface area contributed by atoms with Gasteiger partial charge in [0.2, 0.25) is 23.6 Å². The summed E-state index contributed by atoms with van der Waals surface area (Å²) in [5.41, 5.74) is 23.1. The Balaban J connectivity index is 2.12. The molecule has 0 spiro atoms. The number of rotatable bonds is 16. The molecule has 0 aliphatic carbocycles. The van der Waals surface area contributed by atoms with E-state index in [4.69, 9.17) is 22.9 Å². The van der Waals surface area contributed by atoms with Crippen molar-refractivity contribution >= 4 is 46.5 Å². The summed E-state index contributed by atoms with van der Waals surface area (Å²) in [4.78, 5) is 68.2. The third-order valence-corrected chi connectivity index (χ3v) is 6.08. The minimum atomic E-state index is -1.26. The molecule has 0 radical (unpaired) electrons. The van der Waals surface area contributed by atoms with Crippen molar-refractivity contribution in [3.63, 3.8) is 0 Å². The molecule has 0 bridgehead atoms. The summed E-state index contributed by atoms with van der Waals surface area (Å²) in [7, 11) is 0. The number of para-hydroxylation sites is 1. The van der Waals surface area contributed by atoms with Crippen LogP contribution >= 0.6 is 0 Å². The number of guanidine groups is 1. The number of aliphatic imine (C=N–C) groups is 1. The van der Waals surface area contributed by atoms with Gasteiger partial charge in [-0.2, -0.15) is 0 Å². The number of carbonyl (C=O) groups excluding carboxylic acids is 4. The predicted molar refractivity (Wildman–Crippen MR) is 147 cm³/mol. The van der Waals surface area contributed by atoms with E-state index >= 15 is 0 Å². The largest absolute Gasteiger partial charge is 0.480 e. The fraction of sp³-hybridized carbons (Fsp3) is 0.440. The van der Waals surface area contributed by atoms with Crippen LogP contribution in [-0.2, 0) is 30.4 Å². The maximum atomic E-state index is 13.3. The number of nitrogens with one attached hydrogen (secondary N) is 4. The molecule has 0 saturated carbocycles. The topological polar surface area (TPSA) is 274 Å². The van der Waals surface area contributed by atoms with Gasteiger partial charge in [0.25, 0.3) is 0 Å². The number of fused-ring (bicyclic) bond motifs is 1. The first-order valence-corrected chi connectivity index (χ1v) is 12.7. The van der Waals surface area contributed by atoms with E-state index in [1.54, 1.807) is 6.20 Å². The fourth-order valence-corrected chi connectivity index (χ4v) is 3.87. The first-order chi connectivity index (χ1) is 18.9. The number of aromatic amines is 1. The Morgan fingerprint density at radius 1 is 0.950 bits per heavy atom. The molecule has 0 fully saturated rings. The second kappa shape index (κ2) is 15.1. The van der Waals surface area contributed by atoms with E-state index in [0.717, 1.165) is 16.5 Å². The lowest BCUT2D eigenvalue weighted by atomic mass is 10.0. The lowest BCUT2D eigenvalue weighted by Gasteiger charge is -2.23. The van der Waals surface area contributed by atoms with Crippen molar-refractivity contribution in [1.29, 1.82) is 0 Å². The highest BCUT2D eigenvalue weighted by Crippen LogP contribution is 2.19. The molecule has 2 rings (SSSR count). The highest BCUT2D eigenvalue weighted by molar-refractivity contribution is 5.94. The Labute approximate surface area is 230 Å². The number of aromatic nitrogens is 1. The van der Waals surface area contributed by atoms with E-state index in [0.29, 0.717) is 6.42 Å². The fourth-order valence-electron chi connectivity index (χ4n) is 3.87. The second-order valence-corrected chi connectivity index (χ2v) is 9.31. The van der Waals surface area contributed by atoms with Crippen molar-refractivity contribution in [1.82, 2.24) is 20.9 Å². The number of H-pyrrole nitrogens is 1. The van der Waals surface area contributed by atoms with Crippen LogP contribution in [0.4, 0.5) is 0 Å². The van der Waals surface area contributed by atoms with Gasteiger partial charge in [0.05, 0.1) is 6.04 Å². The van der Waals surface area contributed by atoms with Crippen LogP contribution in [0.5, 0.6) is 0 Å². The van der Waals surface area contributed by atoms with E-state index in [-0.39, 0.29) is 38.2 Å². The van der Waals surface area contributed by atoms with Gasteiger partial charge in [-0.3, -0.25) is 24.2 Å². The average Bonchev–Trinajstić information content (AvgIpc) is 3.30. The molecule has 0 saturated heterocycles. The average molecular weight is 560 g/mol. The van der Waals surface area contributed by atoms with E-state index in [9.17, 15) is 29.1 Å². The molecule has 1 heterocycles. The Morgan fingerprint density at radius 3 is 2.27 bits per heavy atom. The van der Waals surface area contributed by atoms with E-state index in [2.05, 4.69) is 25.9 Å². The first kappa shape index (κ1) is 31.6. The molecule has 15 nitrogen and oxygen atoms in total. The van der Waals surface area contributed by atoms with Gasteiger partial charge < -0.3 is 49.0 Å². The van der Waals surface area contributed by atoms with Crippen molar-refractivity contribution in [3.05, 3.63) is 36.0 Å². The molecular formula is C25H37N9O6. The van der Waals surface area contributed by atoms with Crippen molar-refractivity contribution < 1.29 is 29.1 Å². The van der Waals surface area contributed by atoms with Gasteiger partial charge in [0.15, 0.2) is 5.96 Å². The highest BCUT2D eigenvalue weighted by atomic mass is 16.4. The standard InChI is InChI=1S/C25H37N9O6/c1-13(21(36)33-18(24(39)40)7-4-10-30-25(28)29)32-23(38)19(34-22(37)16(26)8-9-20(27)35)11-14-12-31-17-6-3-2-5-15(14)17/h2-3,5-6,12-13,16,18-19,31H,4,7-11,26H2,1H3,(H2,27,35)(H,32,38)(H,33,36)(H,34,37)(H,39,40)(H4,28,29,30). The smallest absolute Gasteiger partial charge is 0.326 e. The normalized spacial score (nSPS) is 13.8. The zero-order valence-electron chi connectivity index (χ0n) is 22.2. The molecule has 40 heavy (non-hydrogen) atoms. The highest BCUT2D eigenvalue weighted by Gasteiger charge is 2.29. The number of carboxylic acids is 1. The summed E-state index contributed by atoms with van der Waals surface area (Å²) < 4.78 is 0. The maximum Gasteiger partial charge on any atom is 0.326 e. The quantitative estimate of drug-likeness (QED) is 0.0619. The third-order valence-electron chi connectivity index (χ3n) is 6.08. The van der Waals surface area contributed by atoms with Gasteiger partial charge in [-0.15, -0.1) is 0 Å². The summed E-state index contributed by atoms with van der Waals surface area (Å²) >= 11 is 0. The number of nitrogens with zero attached hydrogens (tertiary/aromatic N) is 1. The minimum Gasteiger partial charge on any atom is -0.480 e. The van der Waals surface area contributed by atoms with Crippen molar-refractivity contribution in [3.8, 4) is 0 Å². The molecule has 4 atom stereocenters. The molecule has 13 N–H and O–H groups in total. The minimum absolute atomic E-state index is 0.0127. The van der Waals surface area contributed by atoms with Gasteiger partial charge in [-0.25, -0.2) is 4.79 Å². The Bertz CT molecular complexity index is 1240.